The fourth-order valence-electron chi connectivity index (χ4n) is 0.751. The Balaban J connectivity index is 0.00000144. The molecule has 0 amide bonds. The molecule has 0 aromatic heterocycles. The largest absolute Gasteiger partial charge is 2.00 e. The standard InChI is InChI=1S/C6H5Cl2O3P.Mg/c7-4-2-1-3-5(8)6(4)12(9,10)11;/h1-3H,(H2,9,10,11);/q;+2/p-2. The van der Waals surface area contributed by atoms with Gasteiger partial charge in [0.1, 0.15) is 5.30 Å². The summed E-state index contributed by atoms with van der Waals surface area (Å²) >= 11 is 10.9. The molecule has 0 heterocycles. The van der Waals surface area contributed by atoms with E-state index in [-0.39, 0.29) is 33.1 Å². The third-order valence-electron chi connectivity index (χ3n) is 1.21. The molecule has 0 aliphatic heterocycles. The molecule has 3 nitrogen and oxygen atoms in total. The van der Waals surface area contributed by atoms with Crippen molar-refractivity contribution in [3.63, 3.8) is 0 Å². The predicted octanol–water partition coefficient (Wildman–Crippen LogP) is -0.919. The van der Waals surface area contributed by atoms with E-state index < -0.39 is 13.2 Å². The number of hydrogen-bond acceptors (Lipinski definition) is 3. The summed E-state index contributed by atoms with van der Waals surface area (Å²) < 4.78 is 0. The van der Waals surface area contributed by atoms with Gasteiger partial charge in [-0.3, -0.25) is 0 Å². The Hall–Kier alpha value is 0.876. The number of rotatable bonds is 1. The Morgan fingerprint density at radius 3 is 1.62 bits per heavy atom. The van der Waals surface area contributed by atoms with Gasteiger partial charge in [0.25, 0.3) is 0 Å². The summed E-state index contributed by atoms with van der Waals surface area (Å²) in [7, 11) is -4.86. The van der Waals surface area contributed by atoms with Crippen LogP contribution in [-0.4, -0.2) is 23.1 Å². The molecule has 0 saturated heterocycles. The molecular weight excluding hydrogens is 246 g/mol. The fourth-order valence-corrected chi connectivity index (χ4v) is 2.44. The van der Waals surface area contributed by atoms with Crippen LogP contribution in [0.2, 0.25) is 10.0 Å². The molecule has 0 bridgehead atoms. The summed E-state index contributed by atoms with van der Waals surface area (Å²) in [6.45, 7) is 0. The molecule has 0 aliphatic rings. The monoisotopic (exact) mass is 248 g/mol. The molecule has 0 radical (unpaired) electrons. The second-order valence-electron chi connectivity index (χ2n) is 2.07. The third-order valence-corrected chi connectivity index (χ3v) is 3.13. The van der Waals surface area contributed by atoms with Crippen LogP contribution in [0.4, 0.5) is 0 Å². The first kappa shape index (κ1) is 13.9. The van der Waals surface area contributed by atoms with Crippen molar-refractivity contribution in [1.82, 2.24) is 0 Å². The van der Waals surface area contributed by atoms with Crippen LogP contribution in [0.5, 0.6) is 0 Å². The number of halogens is 2. The maximum absolute atomic E-state index is 10.6. The molecule has 0 saturated carbocycles. The van der Waals surface area contributed by atoms with E-state index >= 15 is 0 Å². The zero-order valence-corrected chi connectivity index (χ0v) is 10.2. The van der Waals surface area contributed by atoms with E-state index in [4.69, 9.17) is 23.2 Å². The molecule has 0 unspecified atom stereocenters. The first-order valence-electron chi connectivity index (χ1n) is 2.89. The Morgan fingerprint density at radius 2 is 1.38 bits per heavy atom. The van der Waals surface area contributed by atoms with Crippen LogP contribution in [0.25, 0.3) is 0 Å². The normalized spacial score (nSPS) is 10.8. The second-order valence-corrected chi connectivity index (χ2v) is 4.32. The van der Waals surface area contributed by atoms with Crippen molar-refractivity contribution in [1.29, 1.82) is 0 Å². The van der Waals surface area contributed by atoms with Gasteiger partial charge >= 0.3 is 23.1 Å². The van der Waals surface area contributed by atoms with E-state index in [1.165, 1.54) is 18.2 Å². The van der Waals surface area contributed by atoms with Gasteiger partial charge in [0, 0.05) is 0 Å². The smallest absolute Gasteiger partial charge is 0.683 e. The minimum atomic E-state index is -4.86. The van der Waals surface area contributed by atoms with Gasteiger partial charge in [-0.15, -0.1) is 7.94 Å². The van der Waals surface area contributed by atoms with Gasteiger partial charge in [-0.2, -0.15) is 0 Å². The minimum Gasteiger partial charge on any atom is -0.683 e. The minimum absolute atomic E-state index is 0. The molecule has 13 heavy (non-hydrogen) atoms. The van der Waals surface area contributed by atoms with Crippen LogP contribution in [0.15, 0.2) is 18.2 Å². The van der Waals surface area contributed by atoms with Crippen LogP contribution in [-0.2, 0) is 0 Å². The molecule has 66 valence electrons. The molecule has 0 N–H and O–H groups in total. The molecule has 1 aromatic rings. The number of hydrogen-bond donors (Lipinski definition) is 0. The van der Waals surface area contributed by atoms with Crippen molar-refractivity contribution in [3.05, 3.63) is 28.2 Å². The van der Waals surface area contributed by atoms with Crippen LogP contribution >= 0.6 is 31.1 Å². The Bertz CT molecular complexity index is 282. The van der Waals surface area contributed by atoms with Crippen molar-refractivity contribution in [2.75, 3.05) is 0 Å². The average molecular weight is 249 g/mol. The van der Waals surface area contributed by atoms with Gasteiger partial charge in [-0.1, -0.05) is 29.3 Å². The van der Waals surface area contributed by atoms with Crippen molar-refractivity contribution in [2.24, 2.45) is 0 Å². The zero-order chi connectivity index (χ0) is 9.35. The van der Waals surface area contributed by atoms with Crippen molar-refractivity contribution >= 4 is 59.5 Å². The first-order chi connectivity index (χ1) is 5.43. The quantitative estimate of drug-likeness (QED) is 0.477. The summed E-state index contributed by atoms with van der Waals surface area (Å²) in [4.78, 5) is 31.7. The van der Waals surface area contributed by atoms with E-state index in [2.05, 4.69) is 0 Å². The summed E-state index contributed by atoms with van der Waals surface area (Å²) in [5, 5.41) is -0.819. The van der Waals surface area contributed by atoms with Gasteiger partial charge in [0.05, 0.1) is 10.0 Å². The van der Waals surface area contributed by atoms with Crippen LogP contribution in [0.1, 0.15) is 0 Å². The first-order valence-corrected chi connectivity index (χ1v) is 5.19. The second kappa shape index (κ2) is 5.10. The van der Waals surface area contributed by atoms with E-state index in [9.17, 15) is 14.7 Å². The van der Waals surface area contributed by atoms with Gasteiger partial charge < -0.3 is 14.7 Å². The molecule has 0 atom stereocenters. The van der Waals surface area contributed by atoms with Crippen molar-refractivity contribution in [2.45, 2.75) is 0 Å². The van der Waals surface area contributed by atoms with Gasteiger partial charge in [0.15, 0.2) is 0 Å². The van der Waals surface area contributed by atoms with E-state index in [0.717, 1.165) is 0 Å². The SMILES string of the molecule is [Mg+2].[O-][P+]([O-])([O-])c1c(Cl)cccc1Cl. The van der Waals surface area contributed by atoms with E-state index in [0.29, 0.717) is 0 Å². The summed E-state index contributed by atoms with van der Waals surface area (Å²) in [6.07, 6.45) is 0. The van der Waals surface area contributed by atoms with Crippen LogP contribution < -0.4 is 20.0 Å². The molecule has 1 rings (SSSR count). The van der Waals surface area contributed by atoms with Gasteiger partial charge in [-0.25, -0.2) is 0 Å². The van der Waals surface area contributed by atoms with E-state index in [1.54, 1.807) is 0 Å². The Morgan fingerprint density at radius 1 is 1.00 bits per heavy atom. The van der Waals surface area contributed by atoms with Crippen molar-refractivity contribution < 1.29 is 14.7 Å². The van der Waals surface area contributed by atoms with Crippen molar-refractivity contribution in [3.8, 4) is 0 Å². The molecule has 1 aromatic carbocycles. The maximum Gasteiger partial charge on any atom is 2.00 e. The zero-order valence-electron chi connectivity index (χ0n) is 6.37. The van der Waals surface area contributed by atoms with E-state index in [1.807, 2.05) is 0 Å². The fraction of sp³-hybridized carbons (Fsp3) is 0. The molecule has 0 aliphatic carbocycles. The maximum atomic E-state index is 10.6. The molecule has 7 heteroatoms. The third kappa shape index (κ3) is 3.49. The topological polar surface area (TPSA) is 69.2 Å². The average Bonchev–Trinajstić information content (AvgIpc) is 1.82. The summed E-state index contributed by atoms with van der Waals surface area (Å²) in [5.74, 6) is 0. The summed E-state index contributed by atoms with van der Waals surface area (Å²) in [5.41, 5.74) is 0. The molecule has 0 fully saturated rings. The van der Waals surface area contributed by atoms with Crippen LogP contribution in [0, 0.1) is 0 Å². The molecular formula is C6H3Cl2MgO3P. The predicted molar refractivity (Wildman–Crippen MR) is 48.8 cm³/mol. The molecule has 0 spiro atoms. The van der Waals surface area contributed by atoms with Crippen LogP contribution in [0.3, 0.4) is 0 Å². The summed E-state index contributed by atoms with van der Waals surface area (Å²) in [6, 6.07) is 4.06. The Kier molecular flexibility index (Phi) is 5.44. The van der Waals surface area contributed by atoms with Gasteiger partial charge in [0.2, 0.25) is 0 Å². The number of benzene rings is 1. The van der Waals surface area contributed by atoms with Gasteiger partial charge in [-0.05, 0) is 12.1 Å². The Labute approximate surface area is 102 Å².